The van der Waals surface area contributed by atoms with Crippen molar-refractivity contribution in [3.05, 3.63) is 48.0 Å². The lowest BCUT2D eigenvalue weighted by molar-refractivity contribution is 0.288. The number of fused-ring (bicyclic) bond motifs is 2. The lowest BCUT2D eigenvalue weighted by Crippen LogP contribution is -2.41. The summed E-state index contributed by atoms with van der Waals surface area (Å²) in [6.07, 6.45) is 0.715. The number of nitrogens with one attached hydrogen (secondary N) is 1. The van der Waals surface area contributed by atoms with E-state index in [0.717, 1.165) is 36.7 Å². The van der Waals surface area contributed by atoms with Gasteiger partial charge in [0.15, 0.2) is 0 Å². The summed E-state index contributed by atoms with van der Waals surface area (Å²) < 4.78 is 25.9. The molecule has 1 atom stereocenters. The van der Waals surface area contributed by atoms with Crippen molar-refractivity contribution in [2.24, 2.45) is 5.92 Å². The Hall–Kier alpha value is -1.65. The SMILES string of the molecule is CCN(CC)CC(C)N1c2ccccc2Sc2ccc(C(=S)NCC(C)C)cc21.CS(=O)(=O)O. The average Bonchev–Trinajstić information content (AvgIpc) is 2.77. The van der Waals surface area contributed by atoms with E-state index in [0.29, 0.717) is 18.2 Å². The minimum atomic E-state index is -3.67. The molecule has 0 bridgehead atoms. The molecule has 0 saturated carbocycles. The van der Waals surface area contributed by atoms with Crippen molar-refractivity contribution in [1.82, 2.24) is 10.2 Å². The van der Waals surface area contributed by atoms with Gasteiger partial charge in [-0.3, -0.25) is 4.55 Å². The molecule has 2 N–H and O–H groups in total. The zero-order chi connectivity index (χ0) is 25.5. The van der Waals surface area contributed by atoms with Gasteiger partial charge in [0, 0.05) is 34.5 Å². The maximum absolute atomic E-state index is 9.19. The van der Waals surface area contributed by atoms with Crippen molar-refractivity contribution in [1.29, 1.82) is 0 Å². The summed E-state index contributed by atoms with van der Waals surface area (Å²) >= 11 is 7.54. The second kappa shape index (κ2) is 12.9. The Kier molecular flexibility index (Phi) is 10.8. The Morgan fingerprint density at radius 2 is 1.68 bits per heavy atom. The molecule has 0 fully saturated rings. The molecule has 9 heteroatoms. The third-order valence-electron chi connectivity index (χ3n) is 5.35. The smallest absolute Gasteiger partial charge is 0.261 e. The van der Waals surface area contributed by atoms with Crippen LogP contribution in [0.15, 0.2) is 52.3 Å². The van der Waals surface area contributed by atoms with Gasteiger partial charge in [-0.15, -0.1) is 0 Å². The Labute approximate surface area is 214 Å². The molecule has 6 nitrogen and oxygen atoms in total. The van der Waals surface area contributed by atoms with Crippen molar-refractivity contribution in [3.8, 4) is 0 Å². The molecule has 1 aliphatic rings. The predicted molar refractivity (Wildman–Crippen MR) is 148 cm³/mol. The van der Waals surface area contributed by atoms with Crippen LogP contribution < -0.4 is 10.2 Å². The van der Waals surface area contributed by atoms with Crippen LogP contribution in [0.3, 0.4) is 0 Å². The molecular weight excluding hydrogens is 486 g/mol. The number of thiocarbonyl (C=S) groups is 1. The highest BCUT2D eigenvalue weighted by molar-refractivity contribution is 7.99. The molecule has 0 aliphatic carbocycles. The van der Waals surface area contributed by atoms with E-state index in [-0.39, 0.29) is 0 Å². The topological polar surface area (TPSA) is 72.9 Å². The second-order valence-electron chi connectivity index (χ2n) is 8.79. The number of hydrogen-bond donors (Lipinski definition) is 2. The molecule has 0 radical (unpaired) electrons. The molecule has 1 heterocycles. The molecule has 1 aliphatic heterocycles. The van der Waals surface area contributed by atoms with Crippen molar-refractivity contribution in [3.63, 3.8) is 0 Å². The second-order valence-corrected chi connectivity index (χ2v) is 11.8. The maximum atomic E-state index is 9.19. The minimum Gasteiger partial charge on any atom is -0.376 e. The van der Waals surface area contributed by atoms with Gasteiger partial charge in [-0.25, -0.2) is 0 Å². The van der Waals surface area contributed by atoms with Crippen LogP contribution in [-0.2, 0) is 10.1 Å². The molecule has 0 spiro atoms. The van der Waals surface area contributed by atoms with Crippen molar-refractivity contribution < 1.29 is 13.0 Å². The first kappa shape index (κ1) is 28.6. The quantitative estimate of drug-likeness (QED) is 0.350. The highest BCUT2D eigenvalue weighted by Gasteiger charge is 2.28. The summed E-state index contributed by atoms with van der Waals surface area (Å²) in [5.41, 5.74) is 3.65. The lowest BCUT2D eigenvalue weighted by atomic mass is 10.1. The first-order valence-corrected chi connectivity index (χ1v) is 14.6. The summed E-state index contributed by atoms with van der Waals surface area (Å²) in [5, 5.41) is 3.42. The molecule has 3 rings (SSSR count). The van der Waals surface area contributed by atoms with Crippen LogP contribution in [0.25, 0.3) is 0 Å². The summed E-state index contributed by atoms with van der Waals surface area (Å²) in [6.45, 7) is 15.3. The van der Waals surface area contributed by atoms with E-state index in [2.05, 4.69) is 92.2 Å². The molecule has 2 aromatic carbocycles. The molecule has 0 aromatic heterocycles. The molecule has 188 valence electrons. The Morgan fingerprint density at radius 3 is 2.26 bits per heavy atom. The van der Waals surface area contributed by atoms with E-state index in [1.165, 1.54) is 21.2 Å². The van der Waals surface area contributed by atoms with Crippen LogP contribution >= 0.6 is 24.0 Å². The van der Waals surface area contributed by atoms with Gasteiger partial charge in [-0.05, 0) is 50.2 Å². The molecule has 0 amide bonds. The van der Waals surface area contributed by atoms with Gasteiger partial charge in [-0.2, -0.15) is 8.42 Å². The maximum Gasteiger partial charge on any atom is 0.261 e. The van der Waals surface area contributed by atoms with E-state index in [1.54, 1.807) is 0 Å². The zero-order valence-corrected chi connectivity index (χ0v) is 23.4. The predicted octanol–water partition coefficient (Wildman–Crippen LogP) is 5.44. The largest absolute Gasteiger partial charge is 0.376 e. The van der Waals surface area contributed by atoms with Crippen LogP contribution in [-0.4, -0.2) is 61.3 Å². The van der Waals surface area contributed by atoms with Gasteiger partial charge >= 0.3 is 0 Å². The molecular formula is C25H37N3O3S3. The highest BCUT2D eigenvalue weighted by Crippen LogP contribution is 2.49. The van der Waals surface area contributed by atoms with Gasteiger partial charge in [0.2, 0.25) is 0 Å². The first-order valence-electron chi connectivity index (χ1n) is 11.6. The number of hydrogen-bond acceptors (Lipinski definition) is 6. The number of anilines is 2. The Bertz CT molecular complexity index is 1060. The summed E-state index contributed by atoms with van der Waals surface area (Å²) in [4.78, 5) is 8.45. The average molecular weight is 524 g/mol. The van der Waals surface area contributed by atoms with E-state index in [1.807, 2.05) is 11.8 Å². The van der Waals surface area contributed by atoms with E-state index < -0.39 is 10.1 Å². The van der Waals surface area contributed by atoms with E-state index in [9.17, 15) is 8.42 Å². The zero-order valence-electron chi connectivity index (χ0n) is 20.9. The van der Waals surface area contributed by atoms with Gasteiger partial charge in [0.25, 0.3) is 10.1 Å². The van der Waals surface area contributed by atoms with E-state index >= 15 is 0 Å². The van der Waals surface area contributed by atoms with Crippen LogP contribution in [0.1, 0.15) is 40.2 Å². The Morgan fingerprint density at radius 1 is 1.09 bits per heavy atom. The fourth-order valence-corrected chi connectivity index (χ4v) is 5.00. The number of benzene rings is 2. The lowest BCUT2D eigenvalue weighted by Gasteiger charge is -2.39. The van der Waals surface area contributed by atoms with Gasteiger partial charge in [0.1, 0.15) is 4.99 Å². The molecule has 34 heavy (non-hydrogen) atoms. The van der Waals surface area contributed by atoms with Crippen LogP contribution in [0.5, 0.6) is 0 Å². The number of para-hydroxylation sites is 1. The van der Waals surface area contributed by atoms with E-state index in [4.69, 9.17) is 16.8 Å². The summed E-state index contributed by atoms with van der Waals surface area (Å²) in [7, 11) is -3.67. The molecule has 1 unspecified atom stereocenters. The third kappa shape index (κ3) is 8.53. The third-order valence-corrected chi connectivity index (χ3v) is 6.86. The standard InChI is InChI=1S/C24H33N3S2.CH4O3S/c1-6-26(7-2)16-18(5)27-20-10-8-9-11-22(20)29-23-13-12-19(14-21(23)27)24(28)25-15-17(3)4;1-5(2,3)4/h8-14,17-18H,6-7,15-16H2,1-5H3,(H,25,28);1H3,(H,2,3,4). The van der Waals surface area contributed by atoms with Crippen molar-refractivity contribution in [2.45, 2.75) is 50.5 Å². The molecule has 2 aromatic rings. The van der Waals surface area contributed by atoms with Crippen LogP contribution in [0.2, 0.25) is 0 Å². The number of nitrogens with zero attached hydrogens (tertiary/aromatic N) is 2. The summed E-state index contributed by atoms with van der Waals surface area (Å²) in [6, 6.07) is 15.8. The highest BCUT2D eigenvalue weighted by atomic mass is 32.2. The van der Waals surface area contributed by atoms with Gasteiger partial charge in [-0.1, -0.05) is 69.9 Å². The summed E-state index contributed by atoms with van der Waals surface area (Å²) in [5.74, 6) is 0.568. The van der Waals surface area contributed by atoms with Gasteiger partial charge < -0.3 is 15.1 Å². The fourth-order valence-electron chi connectivity index (χ4n) is 3.73. The van der Waals surface area contributed by atoms with Gasteiger partial charge in [0.05, 0.1) is 17.6 Å². The van der Waals surface area contributed by atoms with Crippen molar-refractivity contribution >= 4 is 50.5 Å². The monoisotopic (exact) mass is 523 g/mol. The van der Waals surface area contributed by atoms with Crippen molar-refractivity contribution in [2.75, 3.05) is 37.3 Å². The van der Waals surface area contributed by atoms with Crippen LogP contribution in [0.4, 0.5) is 11.4 Å². The fraction of sp³-hybridized carbons (Fsp3) is 0.480. The number of likely N-dealkylation sites (N-methyl/N-ethyl adjacent to an activating group) is 1. The Balaban J connectivity index is 0.000000739. The molecule has 0 saturated heterocycles. The minimum absolute atomic E-state index is 0.364. The van der Waals surface area contributed by atoms with Crippen LogP contribution in [0, 0.1) is 5.92 Å². The first-order chi connectivity index (χ1) is 15.9. The number of rotatable bonds is 8. The normalized spacial score (nSPS) is 13.6.